The van der Waals surface area contributed by atoms with Crippen molar-refractivity contribution in [2.45, 2.75) is 19.8 Å². The van der Waals surface area contributed by atoms with Crippen LogP contribution >= 0.6 is 0 Å². The molecule has 29 heavy (non-hydrogen) atoms. The van der Waals surface area contributed by atoms with Crippen molar-refractivity contribution in [1.82, 2.24) is 19.9 Å². The first-order valence-electron chi connectivity index (χ1n) is 9.51. The second kappa shape index (κ2) is 7.62. The van der Waals surface area contributed by atoms with E-state index in [-0.39, 0.29) is 23.1 Å². The summed E-state index contributed by atoms with van der Waals surface area (Å²) >= 11 is 0. The predicted octanol–water partition coefficient (Wildman–Crippen LogP) is 3.03. The first kappa shape index (κ1) is 19.0. The number of nitrogens with zero attached hydrogens (tertiary/aromatic N) is 4. The normalized spacial score (nSPS) is 14.0. The summed E-state index contributed by atoms with van der Waals surface area (Å²) in [7, 11) is 1.68. The standard InChI is InChI=1S/C21H21FN4O3/c1-13-19-15(21(28)25(2)10-11-26-9-5-8-18(26)27)12-17(23-20(19)29-24-13)14-6-3-4-7-16(14)22/h3-4,6-7,12H,5,8-11H2,1-2H3. The number of amides is 2. The van der Waals surface area contributed by atoms with Gasteiger partial charge in [-0.25, -0.2) is 9.37 Å². The molecule has 1 fully saturated rings. The third-order valence-corrected chi connectivity index (χ3v) is 5.22. The molecular formula is C21H21FN4O3. The van der Waals surface area contributed by atoms with E-state index in [1.54, 1.807) is 48.0 Å². The van der Waals surface area contributed by atoms with Crippen molar-refractivity contribution in [2.75, 3.05) is 26.7 Å². The van der Waals surface area contributed by atoms with Crippen LogP contribution in [0.25, 0.3) is 22.4 Å². The molecule has 2 aromatic heterocycles. The summed E-state index contributed by atoms with van der Waals surface area (Å²) in [4.78, 5) is 32.7. The number of carbonyl (C=O) groups is 2. The molecule has 1 aromatic carbocycles. The van der Waals surface area contributed by atoms with E-state index in [9.17, 15) is 14.0 Å². The van der Waals surface area contributed by atoms with Gasteiger partial charge in [-0.15, -0.1) is 0 Å². The summed E-state index contributed by atoms with van der Waals surface area (Å²) in [5, 5.41) is 4.43. The van der Waals surface area contributed by atoms with Crippen LogP contribution < -0.4 is 0 Å². The number of fused-ring (bicyclic) bond motifs is 1. The molecule has 0 bridgehead atoms. The Morgan fingerprint density at radius 3 is 2.86 bits per heavy atom. The molecule has 0 atom stereocenters. The number of likely N-dealkylation sites (tertiary alicyclic amines) is 1. The maximum Gasteiger partial charge on any atom is 0.259 e. The van der Waals surface area contributed by atoms with Gasteiger partial charge in [0.1, 0.15) is 5.82 Å². The van der Waals surface area contributed by atoms with Crippen molar-refractivity contribution < 1.29 is 18.5 Å². The number of pyridine rings is 1. The van der Waals surface area contributed by atoms with E-state index in [1.807, 2.05) is 0 Å². The molecule has 4 rings (SSSR count). The van der Waals surface area contributed by atoms with Crippen LogP contribution in [0, 0.1) is 12.7 Å². The van der Waals surface area contributed by atoms with Gasteiger partial charge in [-0.1, -0.05) is 17.3 Å². The fourth-order valence-electron chi connectivity index (χ4n) is 3.59. The van der Waals surface area contributed by atoms with Gasteiger partial charge in [0.15, 0.2) is 0 Å². The van der Waals surface area contributed by atoms with Gasteiger partial charge in [0, 0.05) is 38.7 Å². The van der Waals surface area contributed by atoms with Crippen LogP contribution in [0.1, 0.15) is 28.9 Å². The number of aryl methyl sites for hydroxylation is 1. The Kier molecular flexibility index (Phi) is 5.00. The second-order valence-electron chi connectivity index (χ2n) is 7.19. The van der Waals surface area contributed by atoms with E-state index in [4.69, 9.17) is 4.52 Å². The van der Waals surface area contributed by atoms with E-state index >= 15 is 0 Å². The van der Waals surface area contributed by atoms with E-state index in [1.165, 1.54) is 6.07 Å². The summed E-state index contributed by atoms with van der Waals surface area (Å²) in [6, 6.07) is 7.81. The van der Waals surface area contributed by atoms with Crippen LogP contribution in [0.4, 0.5) is 4.39 Å². The van der Waals surface area contributed by atoms with E-state index in [2.05, 4.69) is 10.1 Å². The number of hydrogen-bond acceptors (Lipinski definition) is 5. The molecule has 3 aromatic rings. The SMILES string of the molecule is Cc1noc2nc(-c3ccccc3F)cc(C(=O)N(C)CCN3CCCC3=O)c12. The van der Waals surface area contributed by atoms with Crippen LogP contribution in [0.5, 0.6) is 0 Å². The molecule has 0 saturated carbocycles. The molecule has 150 valence electrons. The number of carbonyl (C=O) groups excluding carboxylic acids is 2. The lowest BCUT2D eigenvalue weighted by Crippen LogP contribution is -2.37. The summed E-state index contributed by atoms with van der Waals surface area (Å²) < 4.78 is 19.6. The Labute approximate surface area is 167 Å². The Bertz CT molecular complexity index is 1090. The fourth-order valence-corrected chi connectivity index (χ4v) is 3.59. The third kappa shape index (κ3) is 3.57. The highest BCUT2D eigenvalue weighted by atomic mass is 19.1. The number of benzene rings is 1. The summed E-state index contributed by atoms with van der Waals surface area (Å²) in [5.74, 6) is -0.573. The second-order valence-corrected chi connectivity index (χ2v) is 7.19. The zero-order valence-electron chi connectivity index (χ0n) is 16.3. The highest BCUT2D eigenvalue weighted by Crippen LogP contribution is 2.29. The van der Waals surface area contributed by atoms with Crippen LogP contribution in [0.15, 0.2) is 34.9 Å². The highest BCUT2D eigenvalue weighted by Gasteiger charge is 2.24. The Hall–Kier alpha value is -3.29. The third-order valence-electron chi connectivity index (χ3n) is 5.22. The molecule has 0 N–H and O–H groups in total. The van der Waals surface area contributed by atoms with Crippen LogP contribution in [-0.4, -0.2) is 58.4 Å². The average Bonchev–Trinajstić information content (AvgIpc) is 3.30. The maximum absolute atomic E-state index is 14.3. The molecule has 3 heterocycles. The van der Waals surface area contributed by atoms with Crippen molar-refractivity contribution in [3.05, 3.63) is 47.4 Å². The molecule has 0 radical (unpaired) electrons. The maximum atomic E-state index is 14.3. The number of aromatic nitrogens is 2. The van der Waals surface area contributed by atoms with Gasteiger partial charge in [0.25, 0.3) is 11.6 Å². The molecule has 2 amide bonds. The van der Waals surface area contributed by atoms with Crippen LogP contribution in [-0.2, 0) is 4.79 Å². The fraction of sp³-hybridized carbons (Fsp3) is 0.333. The highest BCUT2D eigenvalue weighted by molar-refractivity contribution is 6.06. The molecule has 1 aliphatic heterocycles. The lowest BCUT2D eigenvalue weighted by atomic mass is 10.0. The Morgan fingerprint density at radius 1 is 1.34 bits per heavy atom. The van der Waals surface area contributed by atoms with E-state index in [0.29, 0.717) is 41.8 Å². The van der Waals surface area contributed by atoms with Gasteiger partial charge in [0.2, 0.25) is 5.91 Å². The lowest BCUT2D eigenvalue weighted by Gasteiger charge is -2.22. The van der Waals surface area contributed by atoms with Crippen LogP contribution in [0.2, 0.25) is 0 Å². The largest absolute Gasteiger partial charge is 0.341 e. The van der Waals surface area contributed by atoms with Gasteiger partial charge < -0.3 is 14.3 Å². The summed E-state index contributed by atoms with van der Waals surface area (Å²) in [5.41, 5.74) is 1.66. The minimum Gasteiger partial charge on any atom is -0.341 e. The van der Waals surface area contributed by atoms with Crippen LogP contribution in [0.3, 0.4) is 0 Å². The van der Waals surface area contributed by atoms with Crippen molar-refractivity contribution >= 4 is 22.9 Å². The first-order chi connectivity index (χ1) is 14.0. The molecular weight excluding hydrogens is 375 g/mol. The average molecular weight is 396 g/mol. The lowest BCUT2D eigenvalue weighted by molar-refractivity contribution is -0.127. The van der Waals surface area contributed by atoms with Gasteiger partial charge in [-0.3, -0.25) is 9.59 Å². The topological polar surface area (TPSA) is 79.5 Å². The number of rotatable bonds is 5. The molecule has 0 spiro atoms. The number of halogens is 1. The summed E-state index contributed by atoms with van der Waals surface area (Å²) in [6.45, 7) is 3.34. The minimum atomic E-state index is -0.435. The van der Waals surface area contributed by atoms with E-state index in [0.717, 1.165) is 13.0 Å². The van der Waals surface area contributed by atoms with Gasteiger partial charge in [0.05, 0.1) is 22.3 Å². The van der Waals surface area contributed by atoms with Crippen molar-refractivity contribution in [3.8, 4) is 11.3 Å². The predicted molar refractivity (Wildman–Crippen MR) is 105 cm³/mol. The molecule has 1 saturated heterocycles. The molecule has 0 aliphatic carbocycles. The van der Waals surface area contributed by atoms with Gasteiger partial charge in [-0.2, -0.15) is 0 Å². The van der Waals surface area contributed by atoms with Crippen molar-refractivity contribution in [2.24, 2.45) is 0 Å². The first-order valence-corrected chi connectivity index (χ1v) is 9.51. The zero-order chi connectivity index (χ0) is 20.5. The molecule has 1 aliphatic rings. The molecule has 7 nitrogen and oxygen atoms in total. The minimum absolute atomic E-state index is 0.119. The van der Waals surface area contributed by atoms with E-state index < -0.39 is 5.82 Å². The van der Waals surface area contributed by atoms with Gasteiger partial charge >= 0.3 is 0 Å². The summed E-state index contributed by atoms with van der Waals surface area (Å²) in [6.07, 6.45) is 1.42. The smallest absolute Gasteiger partial charge is 0.259 e. The molecule has 0 unspecified atom stereocenters. The number of hydrogen-bond donors (Lipinski definition) is 0. The quantitative estimate of drug-likeness (QED) is 0.662. The van der Waals surface area contributed by atoms with Gasteiger partial charge in [-0.05, 0) is 31.5 Å². The Morgan fingerprint density at radius 2 is 2.14 bits per heavy atom. The van der Waals surface area contributed by atoms with Crippen molar-refractivity contribution in [1.29, 1.82) is 0 Å². The zero-order valence-corrected chi connectivity index (χ0v) is 16.3. The Balaban J connectivity index is 1.68. The monoisotopic (exact) mass is 396 g/mol. The van der Waals surface area contributed by atoms with Crippen molar-refractivity contribution in [3.63, 3.8) is 0 Å². The number of likely N-dealkylation sites (N-methyl/N-ethyl adjacent to an activating group) is 1. The molecule has 8 heteroatoms.